The summed E-state index contributed by atoms with van der Waals surface area (Å²) >= 11 is 0. The third kappa shape index (κ3) is 5.06. The summed E-state index contributed by atoms with van der Waals surface area (Å²) < 4.78 is 3.70. The molecular weight excluding hydrogens is 540 g/mol. The van der Waals surface area contributed by atoms with E-state index in [1.165, 1.54) is 21.4 Å². The predicted octanol–water partition coefficient (Wildman–Crippen LogP) is 4.49. The fourth-order valence-corrected chi connectivity index (χ4v) is 7.05. The van der Waals surface area contributed by atoms with E-state index in [-0.39, 0.29) is 23.9 Å². The van der Waals surface area contributed by atoms with Crippen LogP contribution in [0.25, 0.3) is 11.3 Å². The minimum atomic E-state index is -0.266. The van der Waals surface area contributed by atoms with Gasteiger partial charge < -0.3 is 29.8 Å². The Hall–Kier alpha value is -4.21. The standard InChI is InChI=1S/C34H38N6O3/c1-38-20-28(37-32(34(38)43)36-25-11-9-22(10-12-25)23-13-15-35-16-14-23)26-6-4-8-30(27(26)21-41)40-18-17-39-29-7-3-2-5-24(29)19-31(39)33(40)42/h4,6,8-12,19-20,23,35,41H,2-3,5,7,13-18,21H2,1H3,(H,36,37). The molecule has 1 fully saturated rings. The third-order valence-electron chi connectivity index (χ3n) is 9.35. The quantitative estimate of drug-likeness (QED) is 0.312. The van der Waals surface area contributed by atoms with Crippen LogP contribution in [0, 0.1) is 0 Å². The maximum atomic E-state index is 13.8. The van der Waals surface area contributed by atoms with E-state index in [0.717, 1.165) is 69.5 Å². The molecule has 1 amide bonds. The number of amides is 1. The van der Waals surface area contributed by atoms with E-state index < -0.39 is 0 Å². The van der Waals surface area contributed by atoms with Gasteiger partial charge in [0.25, 0.3) is 11.5 Å². The Morgan fingerprint density at radius 1 is 1.02 bits per heavy atom. The topological polar surface area (TPSA) is 104 Å². The van der Waals surface area contributed by atoms with E-state index >= 15 is 0 Å². The maximum Gasteiger partial charge on any atom is 0.293 e. The van der Waals surface area contributed by atoms with Gasteiger partial charge in [0.05, 0.1) is 18.0 Å². The molecule has 0 spiro atoms. The van der Waals surface area contributed by atoms with Crippen molar-refractivity contribution in [2.75, 3.05) is 29.9 Å². The number of piperidine rings is 1. The first kappa shape index (κ1) is 27.6. The lowest BCUT2D eigenvalue weighted by atomic mass is 9.90. The molecule has 2 aliphatic heterocycles. The fourth-order valence-electron chi connectivity index (χ4n) is 7.05. The van der Waals surface area contributed by atoms with Gasteiger partial charge in [0.2, 0.25) is 0 Å². The molecule has 0 radical (unpaired) electrons. The summed E-state index contributed by atoms with van der Waals surface area (Å²) in [5.74, 6) is 0.716. The molecule has 0 atom stereocenters. The number of aryl methyl sites for hydroxylation is 2. The number of carbonyl (C=O) groups is 1. The summed E-state index contributed by atoms with van der Waals surface area (Å²) in [5, 5.41) is 17.2. The molecule has 1 saturated heterocycles. The van der Waals surface area contributed by atoms with Crippen molar-refractivity contribution < 1.29 is 9.90 Å². The van der Waals surface area contributed by atoms with Gasteiger partial charge in [0.1, 0.15) is 5.69 Å². The van der Waals surface area contributed by atoms with Crippen LogP contribution < -0.4 is 21.1 Å². The Morgan fingerprint density at radius 3 is 2.60 bits per heavy atom. The van der Waals surface area contributed by atoms with Crippen LogP contribution in [0.3, 0.4) is 0 Å². The Bertz CT molecular complexity index is 1730. The Labute approximate surface area is 251 Å². The highest BCUT2D eigenvalue weighted by molar-refractivity contribution is 6.07. The Morgan fingerprint density at radius 2 is 1.81 bits per heavy atom. The number of aromatic nitrogens is 3. The van der Waals surface area contributed by atoms with Crippen LogP contribution in [0.4, 0.5) is 17.2 Å². The molecule has 9 heteroatoms. The van der Waals surface area contributed by atoms with Gasteiger partial charge in [-0.1, -0.05) is 24.3 Å². The molecule has 2 aromatic heterocycles. The van der Waals surface area contributed by atoms with Crippen molar-refractivity contribution in [2.45, 2.75) is 57.6 Å². The lowest BCUT2D eigenvalue weighted by Gasteiger charge is -2.31. The number of carbonyl (C=O) groups excluding carboxylic acids is 1. The van der Waals surface area contributed by atoms with Crippen molar-refractivity contribution in [3.8, 4) is 11.3 Å². The zero-order valence-corrected chi connectivity index (χ0v) is 24.6. The van der Waals surface area contributed by atoms with Gasteiger partial charge in [-0.05, 0) is 92.9 Å². The molecule has 7 rings (SSSR count). The average molecular weight is 579 g/mol. The first-order valence-corrected chi connectivity index (χ1v) is 15.4. The van der Waals surface area contributed by atoms with E-state index in [2.05, 4.69) is 33.4 Å². The lowest BCUT2D eigenvalue weighted by molar-refractivity contribution is 0.0964. The zero-order valence-electron chi connectivity index (χ0n) is 24.6. The summed E-state index contributed by atoms with van der Waals surface area (Å²) in [6, 6.07) is 16.0. The van der Waals surface area contributed by atoms with E-state index in [0.29, 0.717) is 35.0 Å². The SMILES string of the molecule is Cn1cc(-c2cccc(N3CCn4c(cc5c4CCCC5)C3=O)c2CO)nc(Nc2ccc(C3CCNCC3)cc2)c1=O. The minimum Gasteiger partial charge on any atom is -0.392 e. The zero-order chi connectivity index (χ0) is 29.5. The van der Waals surface area contributed by atoms with Crippen LogP contribution in [0.15, 0.2) is 59.5 Å². The molecule has 0 unspecified atom stereocenters. The normalized spacial score (nSPS) is 17.1. The van der Waals surface area contributed by atoms with E-state index in [1.807, 2.05) is 30.3 Å². The first-order valence-electron chi connectivity index (χ1n) is 15.4. The summed E-state index contributed by atoms with van der Waals surface area (Å²) in [4.78, 5) is 33.4. The third-order valence-corrected chi connectivity index (χ3v) is 9.35. The molecule has 0 bridgehead atoms. The van der Waals surface area contributed by atoms with Crippen LogP contribution in [0.5, 0.6) is 0 Å². The van der Waals surface area contributed by atoms with Gasteiger partial charge in [-0.15, -0.1) is 0 Å². The summed E-state index contributed by atoms with van der Waals surface area (Å²) in [7, 11) is 1.70. The number of nitrogens with zero attached hydrogens (tertiary/aromatic N) is 4. The number of hydrogen-bond donors (Lipinski definition) is 3. The van der Waals surface area contributed by atoms with Crippen molar-refractivity contribution in [3.05, 3.63) is 93.2 Å². The van der Waals surface area contributed by atoms with Crippen molar-refractivity contribution >= 4 is 23.1 Å². The molecule has 3 aliphatic rings. The summed E-state index contributed by atoms with van der Waals surface area (Å²) in [6.45, 7) is 3.07. The highest BCUT2D eigenvalue weighted by Crippen LogP contribution is 2.35. The minimum absolute atomic E-state index is 0.0452. The number of hydrogen-bond acceptors (Lipinski definition) is 6. The number of aliphatic hydroxyl groups is 1. The Kier molecular flexibility index (Phi) is 7.36. The number of nitrogens with one attached hydrogen (secondary N) is 2. The van der Waals surface area contributed by atoms with Crippen LogP contribution in [-0.2, 0) is 33.0 Å². The van der Waals surface area contributed by atoms with E-state index in [1.54, 1.807) is 18.1 Å². The van der Waals surface area contributed by atoms with Crippen LogP contribution in [-0.4, -0.2) is 44.8 Å². The highest BCUT2D eigenvalue weighted by Gasteiger charge is 2.31. The second-order valence-electron chi connectivity index (χ2n) is 11.9. The van der Waals surface area contributed by atoms with Crippen molar-refractivity contribution in [2.24, 2.45) is 7.05 Å². The second-order valence-corrected chi connectivity index (χ2v) is 11.9. The number of anilines is 3. The number of aliphatic hydroxyl groups excluding tert-OH is 1. The Balaban J connectivity index is 1.19. The van der Waals surface area contributed by atoms with Crippen molar-refractivity contribution in [1.82, 2.24) is 19.4 Å². The fraction of sp³-hybridized carbons (Fsp3) is 0.382. The predicted molar refractivity (Wildman–Crippen MR) is 168 cm³/mol. The summed E-state index contributed by atoms with van der Waals surface area (Å²) in [5.41, 5.74) is 7.71. The van der Waals surface area contributed by atoms with E-state index in [9.17, 15) is 14.7 Å². The molecule has 1 aliphatic carbocycles. The summed E-state index contributed by atoms with van der Waals surface area (Å²) in [6.07, 6.45) is 8.32. The van der Waals surface area contributed by atoms with Gasteiger partial charge in [-0.25, -0.2) is 4.98 Å². The van der Waals surface area contributed by atoms with Crippen molar-refractivity contribution in [1.29, 1.82) is 0 Å². The average Bonchev–Trinajstić information content (AvgIpc) is 3.43. The largest absolute Gasteiger partial charge is 0.392 e. The molecule has 2 aromatic carbocycles. The first-order chi connectivity index (χ1) is 21.0. The van der Waals surface area contributed by atoms with Crippen LogP contribution in [0.2, 0.25) is 0 Å². The molecule has 9 nitrogen and oxygen atoms in total. The highest BCUT2D eigenvalue weighted by atomic mass is 16.3. The monoisotopic (exact) mass is 578 g/mol. The maximum absolute atomic E-state index is 13.8. The molecule has 4 heterocycles. The van der Waals surface area contributed by atoms with Gasteiger partial charge in [0, 0.05) is 48.8 Å². The van der Waals surface area contributed by atoms with Gasteiger partial charge in [-0.3, -0.25) is 9.59 Å². The van der Waals surface area contributed by atoms with Crippen molar-refractivity contribution in [3.63, 3.8) is 0 Å². The number of benzene rings is 2. The lowest BCUT2D eigenvalue weighted by Crippen LogP contribution is -2.41. The molecule has 43 heavy (non-hydrogen) atoms. The molecule has 0 saturated carbocycles. The van der Waals surface area contributed by atoms with Crippen LogP contribution >= 0.6 is 0 Å². The van der Waals surface area contributed by atoms with Gasteiger partial charge in [0.15, 0.2) is 5.82 Å². The van der Waals surface area contributed by atoms with E-state index in [4.69, 9.17) is 4.98 Å². The van der Waals surface area contributed by atoms with Gasteiger partial charge >= 0.3 is 0 Å². The number of rotatable bonds is 6. The van der Waals surface area contributed by atoms with Gasteiger partial charge in [-0.2, -0.15) is 0 Å². The molecule has 3 N–H and O–H groups in total. The molecule has 4 aromatic rings. The van der Waals surface area contributed by atoms with Crippen LogP contribution in [0.1, 0.15) is 64.5 Å². The second kappa shape index (κ2) is 11.5. The number of fused-ring (bicyclic) bond motifs is 3. The smallest absolute Gasteiger partial charge is 0.293 e. The molecule has 222 valence electrons. The molecular formula is C34H38N6O3.